The summed E-state index contributed by atoms with van der Waals surface area (Å²) in [6, 6.07) is 7.81. The van der Waals surface area contributed by atoms with E-state index < -0.39 is 5.60 Å². The molecule has 1 amide bonds. The van der Waals surface area contributed by atoms with Crippen LogP contribution in [0.1, 0.15) is 75.7 Å². The van der Waals surface area contributed by atoms with Gasteiger partial charge in [-0.15, -0.1) is 0 Å². The predicted molar refractivity (Wildman–Crippen MR) is 123 cm³/mol. The maximum absolute atomic E-state index is 13.0. The maximum atomic E-state index is 13.0. The Balaban J connectivity index is 1.31. The molecule has 176 valence electrons. The number of fused-ring (bicyclic) bond motifs is 3. The van der Waals surface area contributed by atoms with Crippen molar-refractivity contribution >= 4 is 5.91 Å². The van der Waals surface area contributed by atoms with Gasteiger partial charge >= 0.3 is 0 Å². The van der Waals surface area contributed by atoms with Gasteiger partial charge in [0.05, 0.1) is 11.9 Å². The molecule has 4 N–H and O–H groups in total. The van der Waals surface area contributed by atoms with Gasteiger partial charge in [0.1, 0.15) is 12.4 Å². The molecule has 1 aromatic carbocycles. The van der Waals surface area contributed by atoms with Crippen LogP contribution in [0.2, 0.25) is 0 Å². The number of nitrogens with one attached hydrogen (secondary N) is 1. The Hall–Kier alpha value is -1.92. The monoisotopic (exact) mass is 444 g/mol. The second-order valence-corrected chi connectivity index (χ2v) is 10.3. The molecular weight excluding hydrogens is 407 g/mol. The van der Waals surface area contributed by atoms with Gasteiger partial charge in [-0.1, -0.05) is 12.1 Å². The summed E-state index contributed by atoms with van der Waals surface area (Å²) in [5.74, 6) is 1.90. The lowest BCUT2D eigenvalue weighted by atomic mass is 9.60. The van der Waals surface area contributed by atoms with E-state index >= 15 is 0 Å². The van der Waals surface area contributed by atoms with Crippen molar-refractivity contribution in [2.45, 2.75) is 75.7 Å². The van der Waals surface area contributed by atoms with Gasteiger partial charge in [-0.25, -0.2) is 4.39 Å². The number of benzene rings is 1. The third kappa shape index (κ3) is 5.18. The SMILES string of the molecule is NC/C(=C\F)COc1ccc(C2CCCC(O)(CNC(=O)C34CCC(CC3)CC4)C2)cc1. The maximum Gasteiger partial charge on any atom is 0.226 e. The number of amides is 1. The van der Waals surface area contributed by atoms with E-state index in [-0.39, 0.29) is 30.4 Å². The highest BCUT2D eigenvalue weighted by Crippen LogP contribution is 2.50. The molecule has 1 aromatic rings. The van der Waals surface area contributed by atoms with Crippen molar-refractivity contribution in [2.75, 3.05) is 19.7 Å². The third-order valence-electron chi connectivity index (χ3n) is 8.17. The van der Waals surface area contributed by atoms with Gasteiger partial charge in [0, 0.05) is 24.1 Å². The lowest BCUT2D eigenvalue weighted by Crippen LogP contribution is -2.52. The highest BCUT2D eigenvalue weighted by atomic mass is 19.1. The molecule has 2 atom stereocenters. The second-order valence-electron chi connectivity index (χ2n) is 10.3. The Morgan fingerprint density at radius 3 is 2.47 bits per heavy atom. The highest BCUT2D eigenvalue weighted by molar-refractivity contribution is 5.83. The minimum Gasteiger partial charge on any atom is -0.489 e. The van der Waals surface area contributed by atoms with Crippen molar-refractivity contribution in [1.29, 1.82) is 0 Å². The van der Waals surface area contributed by atoms with Crippen LogP contribution >= 0.6 is 0 Å². The van der Waals surface area contributed by atoms with Gasteiger partial charge in [-0.2, -0.15) is 0 Å². The molecule has 0 heterocycles. The topological polar surface area (TPSA) is 84.6 Å². The predicted octanol–water partition coefficient (Wildman–Crippen LogP) is 4.35. The fourth-order valence-electron chi connectivity index (χ4n) is 5.95. The van der Waals surface area contributed by atoms with Gasteiger partial charge in [-0.3, -0.25) is 4.79 Å². The third-order valence-corrected chi connectivity index (χ3v) is 8.17. The normalized spacial score (nSPS) is 32.5. The fraction of sp³-hybridized carbons (Fsp3) is 0.654. The number of aliphatic hydroxyl groups is 1. The van der Waals surface area contributed by atoms with Gasteiger partial charge in [-0.05, 0) is 93.7 Å². The van der Waals surface area contributed by atoms with Gasteiger partial charge in [0.25, 0.3) is 0 Å². The molecule has 0 aromatic heterocycles. The highest BCUT2D eigenvalue weighted by Gasteiger charge is 2.46. The van der Waals surface area contributed by atoms with Gasteiger partial charge in [0.15, 0.2) is 0 Å². The van der Waals surface area contributed by atoms with Crippen LogP contribution in [0.3, 0.4) is 0 Å². The summed E-state index contributed by atoms with van der Waals surface area (Å²) in [4.78, 5) is 13.0. The van der Waals surface area contributed by atoms with Crippen LogP contribution in [0, 0.1) is 11.3 Å². The number of hydrogen-bond donors (Lipinski definition) is 3. The number of hydrogen-bond acceptors (Lipinski definition) is 4. The molecule has 0 radical (unpaired) electrons. The summed E-state index contributed by atoms with van der Waals surface area (Å²) >= 11 is 0. The molecule has 0 spiro atoms. The summed E-state index contributed by atoms with van der Waals surface area (Å²) in [7, 11) is 0. The van der Waals surface area contributed by atoms with Crippen molar-refractivity contribution < 1.29 is 19.0 Å². The first-order valence-corrected chi connectivity index (χ1v) is 12.2. The number of carbonyl (C=O) groups is 1. The van der Waals surface area contributed by atoms with Crippen LogP contribution < -0.4 is 15.8 Å². The molecule has 2 bridgehead atoms. The van der Waals surface area contributed by atoms with Crippen molar-refractivity contribution in [3.05, 3.63) is 41.7 Å². The van der Waals surface area contributed by atoms with E-state index in [4.69, 9.17) is 10.5 Å². The molecule has 0 aliphatic heterocycles. The second kappa shape index (κ2) is 9.92. The minimum absolute atomic E-state index is 0.132. The minimum atomic E-state index is -0.863. The molecule has 2 unspecified atom stereocenters. The summed E-state index contributed by atoms with van der Waals surface area (Å²) in [6.07, 6.45) is 10.4. The Morgan fingerprint density at radius 1 is 1.16 bits per heavy atom. The van der Waals surface area contributed by atoms with E-state index in [0.29, 0.717) is 30.6 Å². The number of rotatable bonds is 8. The average molecular weight is 445 g/mol. The largest absolute Gasteiger partial charge is 0.489 e. The van der Waals surface area contributed by atoms with E-state index in [1.807, 2.05) is 24.3 Å². The van der Waals surface area contributed by atoms with E-state index in [2.05, 4.69) is 5.32 Å². The van der Waals surface area contributed by atoms with Crippen LogP contribution in [-0.2, 0) is 4.79 Å². The number of carbonyl (C=O) groups excluding carboxylic acids is 1. The van der Waals surface area contributed by atoms with E-state index in [1.165, 1.54) is 19.3 Å². The standard InChI is InChI=1S/C26H37FN2O3/c27-15-20(16-28)17-32-23-5-3-21(4-6-23)22-2-1-10-26(31,14-22)18-29-24(30)25-11-7-19(8-12-25)9-13-25/h3-6,15,19,22,31H,1-2,7-14,16-18,28H2,(H,29,30)/b20-15+. The summed E-state index contributed by atoms with van der Waals surface area (Å²) in [6.45, 7) is 0.608. The van der Waals surface area contributed by atoms with Crippen LogP contribution in [0.4, 0.5) is 4.39 Å². The zero-order valence-corrected chi connectivity index (χ0v) is 19.0. The molecule has 4 saturated carbocycles. The van der Waals surface area contributed by atoms with Crippen molar-refractivity contribution in [1.82, 2.24) is 5.32 Å². The summed E-state index contributed by atoms with van der Waals surface area (Å²) < 4.78 is 18.2. The van der Waals surface area contributed by atoms with E-state index in [9.17, 15) is 14.3 Å². The van der Waals surface area contributed by atoms with Gasteiger partial charge in [0.2, 0.25) is 5.91 Å². The van der Waals surface area contributed by atoms with Crippen molar-refractivity contribution in [3.8, 4) is 5.75 Å². The van der Waals surface area contributed by atoms with E-state index in [1.54, 1.807) is 0 Å². The van der Waals surface area contributed by atoms with Gasteiger partial charge < -0.3 is 20.9 Å². The molecule has 5 rings (SSSR count). The van der Waals surface area contributed by atoms with Crippen LogP contribution in [0.25, 0.3) is 0 Å². The number of halogens is 1. The zero-order valence-electron chi connectivity index (χ0n) is 19.0. The molecule has 4 aliphatic rings. The quantitative estimate of drug-likeness (QED) is 0.556. The molecule has 32 heavy (non-hydrogen) atoms. The Bertz CT molecular complexity index is 803. The first kappa shape index (κ1) is 23.2. The first-order chi connectivity index (χ1) is 15.5. The molecule has 6 heteroatoms. The molecule has 0 saturated heterocycles. The molecule has 4 aliphatic carbocycles. The lowest BCUT2D eigenvalue weighted by molar-refractivity contribution is -0.138. The smallest absolute Gasteiger partial charge is 0.226 e. The Kier molecular flexibility index (Phi) is 7.21. The Morgan fingerprint density at radius 2 is 1.84 bits per heavy atom. The molecular formula is C26H37FN2O3. The van der Waals surface area contributed by atoms with Crippen LogP contribution in [0.5, 0.6) is 5.75 Å². The van der Waals surface area contributed by atoms with Crippen LogP contribution in [-0.4, -0.2) is 36.3 Å². The average Bonchev–Trinajstić information content (AvgIpc) is 2.85. The summed E-state index contributed by atoms with van der Waals surface area (Å²) in [5, 5.41) is 14.4. The Labute approximate surface area is 190 Å². The number of nitrogens with two attached hydrogens (primary N) is 1. The zero-order chi connectivity index (χ0) is 22.6. The first-order valence-electron chi connectivity index (χ1n) is 12.2. The van der Waals surface area contributed by atoms with Crippen molar-refractivity contribution in [3.63, 3.8) is 0 Å². The fourth-order valence-corrected chi connectivity index (χ4v) is 5.95. The summed E-state index contributed by atoms with van der Waals surface area (Å²) in [5.41, 5.74) is 5.98. The molecule has 5 nitrogen and oxygen atoms in total. The molecule has 4 fully saturated rings. The lowest BCUT2D eigenvalue weighted by Gasteiger charge is -2.46. The van der Waals surface area contributed by atoms with Crippen molar-refractivity contribution in [2.24, 2.45) is 17.1 Å². The van der Waals surface area contributed by atoms with Crippen LogP contribution in [0.15, 0.2) is 36.2 Å². The number of ether oxygens (including phenoxy) is 1. The van der Waals surface area contributed by atoms with E-state index in [0.717, 1.165) is 50.0 Å².